The van der Waals surface area contributed by atoms with Crippen molar-refractivity contribution in [2.75, 3.05) is 4.72 Å². The number of aryl methyl sites for hydroxylation is 1. The standard InChI is InChI=1S/C15H15N3O2S/c1-2-13-10-15(17-16-13)18-21(19,20)14-8-7-11-5-3-4-6-12(11)9-14/h3-10H,2H2,1H3,(H2,16,17,18). The van der Waals surface area contributed by atoms with Crippen molar-refractivity contribution in [2.24, 2.45) is 0 Å². The highest BCUT2D eigenvalue weighted by Gasteiger charge is 2.16. The number of nitrogens with zero attached hydrogens (tertiary/aromatic N) is 1. The normalized spacial score (nSPS) is 11.7. The molecule has 0 unspecified atom stereocenters. The van der Waals surface area contributed by atoms with Gasteiger partial charge in [0.05, 0.1) is 4.90 Å². The summed E-state index contributed by atoms with van der Waals surface area (Å²) in [6, 6.07) is 14.4. The molecule has 0 aliphatic carbocycles. The fraction of sp³-hybridized carbons (Fsp3) is 0.133. The van der Waals surface area contributed by atoms with Crippen LogP contribution in [-0.2, 0) is 16.4 Å². The minimum absolute atomic E-state index is 0.224. The van der Waals surface area contributed by atoms with Gasteiger partial charge in [0.1, 0.15) is 0 Å². The first-order chi connectivity index (χ1) is 10.1. The molecule has 3 aromatic rings. The number of aromatic nitrogens is 2. The summed E-state index contributed by atoms with van der Waals surface area (Å²) < 4.78 is 27.2. The van der Waals surface area contributed by atoms with E-state index in [-0.39, 0.29) is 4.90 Å². The van der Waals surface area contributed by atoms with Gasteiger partial charge < -0.3 is 0 Å². The molecular formula is C15H15N3O2S. The number of hydrogen-bond acceptors (Lipinski definition) is 3. The minimum Gasteiger partial charge on any atom is -0.280 e. The van der Waals surface area contributed by atoms with Gasteiger partial charge in [-0.25, -0.2) is 8.42 Å². The van der Waals surface area contributed by atoms with Crippen molar-refractivity contribution in [3.8, 4) is 0 Å². The summed E-state index contributed by atoms with van der Waals surface area (Å²) in [4.78, 5) is 0.224. The van der Waals surface area contributed by atoms with E-state index in [1.165, 1.54) is 0 Å². The molecule has 0 fully saturated rings. The van der Waals surface area contributed by atoms with Crippen LogP contribution in [0.25, 0.3) is 10.8 Å². The molecule has 1 aromatic heterocycles. The van der Waals surface area contributed by atoms with E-state index in [2.05, 4.69) is 14.9 Å². The first kappa shape index (κ1) is 13.6. The number of sulfonamides is 1. The van der Waals surface area contributed by atoms with Gasteiger partial charge >= 0.3 is 0 Å². The van der Waals surface area contributed by atoms with Crippen molar-refractivity contribution in [3.05, 3.63) is 54.2 Å². The Kier molecular flexibility index (Phi) is 3.39. The van der Waals surface area contributed by atoms with Crippen LogP contribution in [0.5, 0.6) is 0 Å². The first-order valence-electron chi connectivity index (χ1n) is 6.64. The molecule has 0 aliphatic heterocycles. The lowest BCUT2D eigenvalue weighted by atomic mass is 10.1. The van der Waals surface area contributed by atoms with Crippen molar-refractivity contribution in [1.29, 1.82) is 0 Å². The molecule has 0 aliphatic rings. The Labute approximate surface area is 123 Å². The van der Waals surface area contributed by atoms with E-state index in [1.54, 1.807) is 24.3 Å². The number of anilines is 1. The number of rotatable bonds is 4. The minimum atomic E-state index is -3.63. The number of hydrogen-bond donors (Lipinski definition) is 2. The highest BCUT2D eigenvalue weighted by atomic mass is 32.2. The van der Waals surface area contributed by atoms with Gasteiger partial charge in [0, 0.05) is 11.8 Å². The molecule has 0 atom stereocenters. The molecule has 3 rings (SSSR count). The Balaban J connectivity index is 1.95. The fourth-order valence-electron chi connectivity index (χ4n) is 2.13. The molecule has 6 heteroatoms. The molecule has 0 saturated carbocycles. The predicted octanol–water partition coefficient (Wildman–Crippen LogP) is 2.93. The highest BCUT2D eigenvalue weighted by molar-refractivity contribution is 7.92. The van der Waals surface area contributed by atoms with Gasteiger partial charge in [-0.05, 0) is 29.3 Å². The molecule has 108 valence electrons. The monoisotopic (exact) mass is 301 g/mol. The Hall–Kier alpha value is -2.34. The highest BCUT2D eigenvalue weighted by Crippen LogP contribution is 2.21. The van der Waals surface area contributed by atoms with Gasteiger partial charge in [0.2, 0.25) is 0 Å². The second-order valence-electron chi connectivity index (χ2n) is 4.75. The molecule has 0 bridgehead atoms. The Morgan fingerprint density at radius 2 is 1.86 bits per heavy atom. The van der Waals surface area contributed by atoms with Gasteiger partial charge in [0.25, 0.3) is 10.0 Å². The zero-order chi connectivity index (χ0) is 14.9. The number of H-pyrrole nitrogens is 1. The number of aromatic amines is 1. The van der Waals surface area contributed by atoms with Gasteiger partial charge in [-0.2, -0.15) is 5.10 Å². The second kappa shape index (κ2) is 5.21. The van der Waals surface area contributed by atoms with Crippen molar-refractivity contribution >= 4 is 26.6 Å². The van der Waals surface area contributed by atoms with Crippen LogP contribution < -0.4 is 4.72 Å². The van der Waals surface area contributed by atoms with E-state index in [1.807, 2.05) is 31.2 Å². The van der Waals surface area contributed by atoms with E-state index in [0.29, 0.717) is 5.82 Å². The SMILES string of the molecule is CCc1cc(NS(=O)(=O)c2ccc3ccccc3c2)n[nH]1. The number of nitrogens with one attached hydrogen (secondary N) is 2. The van der Waals surface area contributed by atoms with E-state index < -0.39 is 10.0 Å². The van der Waals surface area contributed by atoms with E-state index in [0.717, 1.165) is 22.9 Å². The smallest absolute Gasteiger partial charge is 0.263 e. The van der Waals surface area contributed by atoms with Gasteiger partial charge in [-0.3, -0.25) is 9.82 Å². The summed E-state index contributed by atoms with van der Waals surface area (Å²) in [5, 5.41) is 8.62. The van der Waals surface area contributed by atoms with Crippen LogP contribution in [-0.4, -0.2) is 18.6 Å². The summed E-state index contributed by atoms with van der Waals surface area (Å²) >= 11 is 0. The maximum atomic E-state index is 12.4. The van der Waals surface area contributed by atoms with Crippen LogP contribution in [0.3, 0.4) is 0 Å². The van der Waals surface area contributed by atoms with E-state index >= 15 is 0 Å². The van der Waals surface area contributed by atoms with Crippen LogP contribution in [0.2, 0.25) is 0 Å². The Morgan fingerprint density at radius 3 is 2.57 bits per heavy atom. The largest absolute Gasteiger partial charge is 0.280 e. The van der Waals surface area contributed by atoms with Crippen molar-refractivity contribution in [3.63, 3.8) is 0 Å². The van der Waals surface area contributed by atoms with E-state index in [9.17, 15) is 8.42 Å². The van der Waals surface area contributed by atoms with Crippen molar-refractivity contribution in [1.82, 2.24) is 10.2 Å². The number of fused-ring (bicyclic) bond motifs is 1. The third-order valence-electron chi connectivity index (χ3n) is 3.28. The molecule has 1 heterocycles. The van der Waals surface area contributed by atoms with Crippen LogP contribution in [0, 0.1) is 0 Å². The Bertz CT molecular complexity index is 885. The molecule has 0 amide bonds. The summed E-state index contributed by atoms with van der Waals surface area (Å²) in [5.41, 5.74) is 0.881. The van der Waals surface area contributed by atoms with Crippen LogP contribution in [0.1, 0.15) is 12.6 Å². The van der Waals surface area contributed by atoms with Gasteiger partial charge in [0.15, 0.2) is 5.82 Å². The molecule has 0 radical (unpaired) electrons. The summed E-state index contributed by atoms with van der Waals surface area (Å²) in [6.07, 6.45) is 0.769. The molecule has 0 saturated heterocycles. The van der Waals surface area contributed by atoms with Crippen molar-refractivity contribution in [2.45, 2.75) is 18.2 Å². The topological polar surface area (TPSA) is 74.8 Å². The molecule has 2 N–H and O–H groups in total. The molecular weight excluding hydrogens is 286 g/mol. The Morgan fingerprint density at radius 1 is 1.10 bits per heavy atom. The van der Waals surface area contributed by atoms with Crippen molar-refractivity contribution < 1.29 is 8.42 Å². The maximum absolute atomic E-state index is 12.4. The maximum Gasteiger partial charge on any atom is 0.263 e. The fourth-order valence-corrected chi connectivity index (χ4v) is 3.15. The third-order valence-corrected chi connectivity index (χ3v) is 4.63. The lowest BCUT2D eigenvalue weighted by Crippen LogP contribution is -2.13. The van der Waals surface area contributed by atoms with Crippen LogP contribution in [0.15, 0.2) is 53.4 Å². The van der Waals surface area contributed by atoms with Crippen LogP contribution >= 0.6 is 0 Å². The molecule has 0 spiro atoms. The van der Waals surface area contributed by atoms with Crippen LogP contribution in [0.4, 0.5) is 5.82 Å². The quantitative estimate of drug-likeness (QED) is 0.778. The molecule has 21 heavy (non-hydrogen) atoms. The predicted molar refractivity (Wildman–Crippen MR) is 82.7 cm³/mol. The average molecular weight is 301 g/mol. The summed E-state index contributed by atoms with van der Waals surface area (Å²) in [6.45, 7) is 1.97. The lowest BCUT2D eigenvalue weighted by molar-refractivity contribution is 0.601. The summed E-state index contributed by atoms with van der Waals surface area (Å²) in [5.74, 6) is 0.306. The average Bonchev–Trinajstić information content (AvgIpc) is 2.93. The molecule has 2 aromatic carbocycles. The summed E-state index contributed by atoms with van der Waals surface area (Å²) in [7, 11) is -3.63. The zero-order valence-corrected chi connectivity index (χ0v) is 12.3. The third kappa shape index (κ3) is 2.75. The second-order valence-corrected chi connectivity index (χ2v) is 6.43. The first-order valence-corrected chi connectivity index (χ1v) is 8.13. The van der Waals surface area contributed by atoms with Gasteiger partial charge in [-0.1, -0.05) is 37.3 Å². The lowest BCUT2D eigenvalue weighted by Gasteiger charge is -2.06. The zero-order valence-electron chi connectivity index (χ0n) is 11.5. The number of benzene rings is 2. The van der Waals surface area contributed by atoms with E-state index in [4.69, 9.17) is 0 Å². The van der Waals surface area contributed by atoms with Gasteiger partial charge in [-0.15, -0.1) is 0 Å². The molecule has 5 nitrogen and oxygen atoms in total.